The molecule has 3 unspecified atom stereocenters. The summed E-state index contributed by atoms with van der Waals surface area (Å²) in [6.07, 6.45) is 0.287. The van der Waals surface area contributed by atoms with Crippen LogP contribution >= 0.6 is 23.2 Å². The van der Waals surface area contributed by atoms with E-state index in [1.165, 1.54) is 4.31 Å². The second-order valence-electron chi connectivity index (χ2n) is 14.7. The molecule has 8 rings (SSSR count). The zero-order valence-corrected chi connectivity index (χ0v) is 34.3. The molecule has 2 aliphatic rings. The molecule has 0 radical (unpaired) electrons. The summed E-state index contributed by atoms with van der Waals surface area (Å²) in [5.41, 5.74) is 6.97. The predicted octanol–water partition coefficient (Wildman–Crippen LogP) is 9.49. The minimum absolute atomic E-state index is 0.0258. The third kappa shape index (κ3) is 8.94. The zero-order chi connectivity index (χ0) is 41.1. The summed E-state index contributed by atoms with van der Waals surface area (Å²) in [5.74, 6) is 1.33. The first kappa shape index (κ1) is 40.0. The first-order chi connectivity index (χ1) is 28.5. The van der Waals surface area contributed by atoms with Gasteiger partial charge < -0.3 is 19.5 Å². The Morgan fingerprint density at radius 3 is 2.22 bits per heavy atom. The average molecular weight is 845 g/mol. The molecule has 298 valence electrons. The zero-order valence-electron chi connectivity index (χ0n) is 32.0. The maximum Gasteiger partial charge on any atom is 0.244 e. The smallest absolute Gasteiger partial charge is 0.244 e. The van der Waals surface area contributed by atoms with Gasteiger partial charge in [-0.1, -0.05) is 96.0 Å². The number of nitriles is 1. The van der Waals surface area contributed by atoms with E-state index in [0.29, 0.717) is 45.9 Å². The van der Waals surface area contributed by atoms with Crippen LogP contribution in [0.2, 0.25) is 10.0 Å². The molecule has 0 fully saturated rings. The van der Waals surface area contributed by atoms with Gasteiger partial charge in [-0.2, -0.15) is 9.57 Å². The summed E-state index contributed by atoms with van der Waals surface area (Å²) >= 11 is 12.2. The van der Waals surface area contributed by atoms with Crippen molar-refractivity contribution in [3.63, 3.8) is 0 Å². The van der Waals surface area contributed by atoms with Crippen LogP contribution in [0.25, 0.3) is 11.1 Å². The van der Waals surface area contributed by atoms with E-state index in [1.54, 1.807) is 54.6 Å². The van der Waals surface area contributed by atoms with E-state index in [9.17, 15) is 13.2 Å². The number of carbonyl (C=O) groups is 1. The fourth-order valence-corrected chi connectivity index (χ4v) is 9.29. The minimum atomic E-state index is -4.08. The van der Waals surface area contributed by atoms with Gasteiger partial charge in [-0.15, -0.1) is 0 Å². The Balaban J connectivity index is 0.968. The second-order valence-corrected chi connectivity index (χ2v) is 17.4. The Hall–Kier alpha value is -5.83. The number of carbonyl (C=O) groups excluding carboxylic acids is 1. The number of sulfonamides is 1. The van der Waals surface area contributed by atoms with Crippen LogP contribution in [-0.4, -0.2) is 37.3 Å². The molecule has 3 atom stereocenters. The van der Waals surface area contributed by atoms with Gasteiger partial charge in [0.1, 0.15) is 25.0 Å². The van der Waals surface area contributed by atoms with Crippen molar-refractivity contribution in [3.8, 4) is 34.4 Å². The Labute approximate surface area is 353 Å². The molecule has 9 nitrogen and oxygen atoms in total. The maximum atomic E-state index is 14.2. The molecule has 0 saturated carbocycles. The lowest BCUT2D eigenvalue weighted by Gasteiger charge is -2.37. The van der Waals surface area contributed by atoms with Gasteiger partial charge in [0.2, 0.25) is 15.9 Å². The normalized spacial score (nSPS) is 16.6. The first-order valence-electron chi connectivity index (χ1n) is 19.1. The maximum absolute atomic E-state index is 14.2. The molecule has 0 bridgehead atoms. The Morgan fingerprint density at radius 1 is 0.847 bits per heavy atom. The number of hydrogen-bond donors (Lipinski definition) is 1. The van der Waals surface area contributed by atoms with E-state index in [1.807, 2.05) is 85.8 Å². The molecule has 1 amide bonds. The fourth-order valence-electron chi connectivity index (χ4n) is 7.38. The fraction of sp³-hybridized carbons (Fsp3) is 0.191. The Morgan fingerprint density at radius 2 is 1.53 bits per heavy atom. The summed E-state index contributed by atoms with van der Waals surface area (Å²) in [5, 5.41) is 13.2. The van der Waals surface area contributed by atoms with Crippen molar-refractivity contribution in [1.29, 1.82) is 5.26 Å². The monoisotopic (exact) mass is 843 g/mol. The Kier molecular flexibility index (Phi) is 11.6. The van der Waals surface area contributed by atoms with E-state index in [0.717, 1.165) is 38.9 Å². The quantitative estimate of drug-likeness (QED) is 0.138. The molecule has 1 N–H and O–H groups in total. The van der Waals surface area contributed by atoms with E-state index < -0.39 is 22.2 Å². The number of fused-ring (bicyclic) bond motifs is 2. The van der Waals surface area contributed by atoms with Gasteiger partial charge in [0, 0.05) is 12.6 Å². The van der Waals surface area contributed by atoms with Gasteiger partial charge in [-0.3, -0.25) is 4.79 Å². The van der Waals surface area contributed by atoms with Crippen LogP contribution in [0.4, 0.5) is 0 Å². The number of nitrogens with zero attached hydrogens (tertiary/aromatic N) is 2. The SMILES string of the molecule is CC(Cc1ccc(-c2ccc(C#N)cc2)cc1)NC(=O)C1Cc2cc3c(cc2CN1S(=O)(=O)c1ccccc1)OC(c1ccc(OCc2ccc(Cl)c(Cl)c2)cc1)CO3. The molecule has 0 saturated heterocycles. The standard InChI is InChI=1S/C47H39Cl2N3O6S/c1-30(21-31-7-12-34(13-8-31)35-14-9-32(26-50)10-15-35)51-47(53)43-23-37-24-44-45(25-38(37)27-52(43)59(54,55)40-5-3-2-4-6-40)58-46(29-57-44)36-16-18-39(19-17-36)56-28-33-11-20-41(48)42(49)22-33/h2-20,22,24-25,30,43,46H,21,23,27-29H2,1H3,(H,51,53). The summed E-state index contributed by atoms with van der Waals surface area (Å²) < 4.78 is 48.4. The van der Waals surface area contributed by atoms with Gasteiger partial charge >= 0.3 is 0 Å². The predicted molar refractivity (Wildman–Crippen MR) is 227 cm³/mol. The van der Waals surface area contributed by atoms with Gasteiger partial charge in [0.25, 0.3) is 0 Å². The van der Waals surface area contributed by atoms with Crippen LogP contribution in [0, 0.1) is 11.3 Å². The number of amides is 1. The second kappa shape index (κ2) is 17.2. The van der Waals surface area contributed by atoms with Crippen molar-refractivity contribution >= 4 is 39.1 Å². The molecule has 6 aromatic rings. The van der Waals surface area contributed by atoms with Crippen molar-refractivity contribution in [2.24, 2.45) is 0 Å². The molecule has 12 heteroatoms. The highest BCUT2D eigenvalue weighted by Gasteiger charge is 2.41. The molecule has 0 aromatic heterocycles. The molecule has 0 aliphatic carbocycles. The number of hydrogen-bond acceptors (Lipinski definition) is 7. The average Bonchev–Trinajstić information content (AvgIpc) is 3.26. The topological polar surface area (TPSA) is 118 Å². The minimum Gasteiger partial charge on any atom is -0.489 e. The van der Waals surface area contributed by atoms with Gasteiger partial charge in [0.05, 0.1) is 26.6 Å². The van der Waals surface area contributed by atoms with E-state index in [2.05, 4.69) is 11.4 Å². The van der Waals surface area contributed by atoms with Crippen LogP contribution in [0.1, 0.15) is 46.4 Å². The van der Waals surface area contributed by atoms with Crippen molar-refractivity contribution < 1.29 is 27.4 Å². The largest absolute Gasteiger partial charge is 0.489 e. The Bertz CT molecular complexity index is 2640. The van der Waals surface area contributed by atoms with E-state index in [4.69, 9.17) is 42.7 Å². The highest BCUT2D eigenvalue weighted by Crippen LogP contribution is 2.42. The number of rotatable bonds is 11. The molecule has 6 aromatic carbocycles. The van der Waals surface area contributed by atoms with Crippen LogP contribution < -0.4 is 19.5 Å². The molecule has 0 spiro atoms. The first-order valence-corrected chi connectivity index (χ1v) is 21.3. The number of nitrogens with one attached hydrogen (secondary N) is 1. The summed E-state index contributed by atoms with van der Waals surface area (Å²) in [6, 6.07) is 41.2. The lowest BCUT2D eigenvalue weighted by molar-refractivity contribution is -0.125. The van der Waals surface area contributed by atoms with Crippen LogP contribution in [-0.2, 0) is 40.8 Å². The summed E-state index contributed by atoms with van der Waals surface area (Å²) in [7, 11) is -4.08. The molecular weight excluding hydrogens is 806 g/mol. The van der Waals surface area contributed by atoms with Gasteiger partial charge in [-0.05, 0) is 119 Å². The highest BCUT2D eigenvalue weighted by molar-refractivity contribution is 7.89. The number of ether oxygens (including phenoxy) is 3. The highest BCUT2D eigenvalue weighted by atomic mass is 35.5. The summed E-state index contributed by atoms with van der Waals surface area (Å²) in [4.78, 5) is 14.2. The van der Waals surface area contributed by atoms with E-state index in [-0.39, 0.29) is 36.4 Å². The lowest BCUT2D eigenvalue weighted by Crippen LogP contribution is -2.54. The van der Waals surface area contributed by atoms with Crippen molar-refractivity contribution in [1.82, 2.24) is 9.62 Å². The van der Waals surface area contributed by atoms with Gasteiger partial charge in [0.15, 0.2) is 17.6 Å². The van der Waals surface area contributed by atoms with Crippen LogP contribution in [0.3, 0.4) is 0 Å². The van der Waals surface area contributed by atoms with Crippen molar-refractivity contribution in [3.05, 3.63) is 177 Å². The van der Waals surface area contributed by atoms with E-state index >= 15 is 0 Å². The third-order valence-corrected chi connectivity index (χ3v) is 13.1. The number of halogens is 2. The van der Waals surface area contributed by atoms with Gasteiger partial charge in [-0.25, -0.2) is 8.42 Å². The molecule has 2 heterocycles. The lowest BCUT2D eigenvalue weighted by atomic mass is 9.94. The molecule has 59 heavy (non-hydrogen) atoms. The van der Waals surface area contributed by atoms with Crippen LogP contribution in [0.15, 0.2) is 138 Å². The molecule has 2 aliphatic heterocycles. The molecular formula is C47H39Cl2N3O6S. The van der Waals surface area contributed by atoms with Crippen molar-refractivity contribution in [2.75, 3.05) is 6.61 Å². The van der Waals surface area contributed by atoms with Crippen LogP contribution in [0.5, 0.6) is 17.2 Å². The van der Waals surface area contributed by atoms with Crippen molar-refractivity contribution in [2.45, 2.75) is 56.0 Å². The number of benzene rings is 6. The summed E-state index contributed by atoms with van der Waals surface area (Å²) in [6.45, 7) is 2.48. The third-order valence-electron chi connectivity index (χ3n) is 10.5.